The van der Waals surface area contributed by atoms with Gasteiger partial charge in [0.05, 0.1) is 17.9 Å². The van der Waals surface area contributed by atoms with Gasteiger partial charge in [-0.05, 0) is 44.7 Å². The molecule has 24 heavy (non-hydrogen) atoms. The second-order valence-corrected chi connectivity index (χ2v) is 7.34. The fraction of sp³-hybridized carbons (Fsp3) is 0.579. The van der Waals surface area contributed by atoms with Crippen LogP contribution in [-0.2, 0) is 6.54 Å². The average Bonchev–Trinajstić information content (AvgIpc) is 3.54. The molecule has 2 aromatic rings. The Labute approximate surface area is 143 Å². The Morgan fingerprint density at radius 2 is 1.67 bits per heavy atom. The summed E-state index contributed by atoms with van der Waals surface area (Å²) in [6.07, 6.45) is 5.18. The normalized spacial score (nSPS) is 20.4. The van der Waals surface area contributed by atoms with Crippen LogP contribution in [0.4, 0.5) is 11.4 Å². The first-order chi connectivity index (χ1) is 11.8. The lowest BCUT2D eigenvalue weighted by atomic mass is 10.1. The van der Waals surface area contributed by atoms with Crippen molar-refractivity contribution < 1.29 is 0 Å². The van der Waals surface area contributed by atoms with Crippen molar-refractivity contribution in [2.24, 2.45) is 0 Å². The van der Waals surface area contributed by atoms with E-state index in [9.17, 15) is 0 Å². The van der Waals surface area contributed by atoms with Crippen molar-refractivity contribution in [1.82, 2.24) is 14.8 Å². The third-order valence-electron chi connectivity index (χ3n) is 5.56. The van der Waals surface area contributed by atoms with Crippen molar-refractivity contribution in [3.05, 3.63) is 35.9 Å². The molecule has 2 saturated carbocycles. The third kappa shape index (κ3) is 2.38. The fourth-order valence-electron chi connectivity index (χ4n) is 3.94. The highest BCUT2D eigenvalue weighted by Gasteiger charge is 2.36. The molecule has 2 heterocycles. The molecule has 0 radical (unpaired) electrons. The van der Waals surface area contributed by atoms with Crippen molar-refractivity contribution in [2.75, 3.05) is 29.4 Å². The van der Waals surface area contributed by atoms with E-state index in [1.165, 1.54) is 48.7 Å². The van der Waals surface area contributed by atoms with Crippen LogP contribution in [0.25, 0.3) is 0 Å². The van der Waals surface area contributed by atoms with Gasteiger partial charge in [-0.25, -0.2) is 0 Å². The van der Waals surface area contributed by atoms with Crippen molar-refractivity contribution in [3.63, 3.8) is 0 Å². The Balaban J connectivity index is 1.46. The Morgan fingerprint density at radius 3 is 2.33 bits per heavy atom. The zero-order chi connectivity index (χ0) is 16.1. The summed E-state index contributed by atoms with van der Waals surface area (Å²) in [6, 6.07) is 9.44. The molecule has 1 aromatic heterocycles. The van der Waals surface area contributed by atoms with E-state index < -0.39 is 0 Å². The van der Waals surface area contributed by atoms with Gasteiger partial charge < -0.3 is 14.4 Å². The Hall–Kier alpha value is -2.04. The van der Waals surface area contributed by atoms with Gasteiger partial charge in [0.1, 0.15) is 5.82 Å². The molecular weight excluding hydrogens is 298 g/mol. The van der Waals surface area contributed by atoms with E-state index in [0.717, 1.165) is 26.2 Å². The number of rotatable bonds is 5. The van der Waals surface area contributed by atoms with Crippen molar-refractivity contribution in [1.29, 1.82) is 0 Å². The van der Waals surface area contributed by atoms with Crippen molar-refractivity contribution in [3.8, 4) is 0 Å². The molecule has 5 rings (SSSR count). The minimum Gasteiger partial charge on any atom is -0.368 e. The molecule has 1 aromatic carbocycles. The first-order valence-electron chi connectivity index (χ1n) is 9.37. The molecule has 0 bridgehead atoms. The number of hydrogen-bond donors (Lipinski definition) is 0. The minimum absolute atomic E-state index is 0.665. The highest BCUT2D eigenvalue weighted by atomic mass is 15.3. The second-order valence-electron chi connectivity index (χ2n) is 7.34. The van der Waals surface area contributed by atoms with Crippen LogP contribution in [0.15, 0.2) is 24.3 Å². The van der Waals surface area contributed by atoms with Gasteiger partial charge in [0.25, 0.3) is 0 Å². The summed E-state index contributed by atoms with van der Waals surface area (Å²) < 4.78 is 2.48. The molecule has 3 aliphatic rings. The number of likely N-dealkylation sites (N-methyl/N-ethyl adjacent to an activating group) is 1. The van der Waals surface area contributed by atoms with Crippen LogP contribution >= 0.6 is 0 Å². The highest BCUT2D eigenvalue weighted by Crippen LogP contribution is 2.45. The van der Waals surface area contributed by atoms with Gasteiger partial charge in [0.2, 0.25) is 0 Å². The molecule has 1 aliphatic heterocycles. The first-order valence-corrected chi connectivity index (χ1v) is 9.37. The molecule has 0 saturated heterocycles. The summed E-state index contributed by atoms with van der Waals surface area (Å²) in [5.41, 5.74) is 2.69. The van der Waals surface area contributed by atoms with Gasteiger partial charge in [0.15, 0.2) is 5.82 Å². The third-order valence-corrected chi connectivity index (χ3v) is 5.56. The topological polar surface area (TPSA) is 37.2 Å². The smallest absolute Gasteiger partial charge is 0.152 e. The lowest BCUT2D eigenvalue weighted by molar-refractivity contribution is 0.617. The van der Waals surface area contributed by atoms with Gasteiger partial charge in [-0.1, -0.05) is 12.1 Å². The Bertz CT molecular complexity index is 744. The predicted octanol–water partition coefficient (Wildman–Crippen LogP) is 3.34. The SMILES string of the molecule is CCN1CCN(Cc2nnc(C3CC3)n2C2CC2)c2ccccc21. The molecule has 126 valence electrons. The Morgan fingerprint density at radius 1 is 0.958 bits per heavy atom. The van der Waals surface area contributed by atoms with Crippen LogP contribution in [-0.4, -0.2) is 34.4 Å². The average molecular weight is 323 g/mol. The van der Waals surface area contributed by atoms with Crippen LogP contribution in [0.3, 0.4) is 0 Å². The van der Waals surface area contributed by atoms with Crippen LogP contribution in [0.1, 0.15) is 56.2 Å². The number of benzene rings is 1. The van der Waals surface area contributed by atoms with E-state index in [2.05, 4.69) is 55.8 Å². The summed E-state index contributed by atoms with van der Waals surface area (Å²) in [7, 11) is 0. The van der Waals surface area contributed by atoms with Gasteiger partial charge in [-0.2, -0.15) is 0 Å². The second kappa shape index (κ2) is 5.50. The van der Waals surface area contributed by atoms with Gasteiger partial charge in [-0.3, -0.25) is 0 Å². The predicted molar refractivity (Wildman–Crippen MR) is 95.6 cm³/mol. The van der Waals surface area contributed by atoms with E-state index in [4.69, 9.17) is 0 Å². The molecule has 0 spiro atoms. The maximum Gasteiger partial charge on any atom is 0.152 e. The van der Waals surface area contributed by atoms with Crippen LogP contribution in [0.5, 0.6) is 0 Å². The molecule has 5 heteroatoms. The van der Waals surface area contributed by atoms with E-state index in [-0.39, 0.29) is 0 Å². The highest BCUT2D eigenvalue weighted by molar-refractivity contribution is 5.73. The van der Waals surface area contributed by atoms with E-state index in [0.29, 0.717) is 12.0 Å². The van der Waals surface area contributed by atoms with Crippen LogP contribution in [0, 0.1) is 0 Å². The fourth-order valence-corrected chi connectivity index (χ4v) is 3.94. The molecule has 0 unspecified atom stereocenters. The Kier molecular flexibility index (Phi) is 3.28. The molecular formula is C19H25N5. The van der Waals surface area contributed by atoms with E-state index >= 15 is 0 Å². The lowest BCUT2D eigenvalue weighted by Gasteiger charge is -2.38. The largest absolute Gasteiger partial charge is 0.368 e. The number of fused-ring (bicyclic) bond motifs is 1. The first kappa shape index (κ1) is 14.3. The lowest BCUT2D eigenvalue weighted by Crippen LogP contribution is -2.41. The standard InChI is InChI=1S/C19H25N5/c1-2-22-11-12-23(17-6-4-3-5-16(17)22)13-18-20-21-19(14-7-8-14)24(18)15-9-10-15/h3-6,14-15H,2,7-13H2,1H3. The quantitative estimate of drug-likeness (QED) is 0.846. The summed E-state index contributed by atoms with van der Waals surface area (Å²) in [4.78, 5) is 4.95. The van der Waals surface area contributed by atoms with Crippen LogP contribution < -0.4 is 9.80 Å². The van der Waals surface area contributed by atoms with E-state index in [1.54, 1.807) is 0 Å². The molecule has 2 aliphatic carbocycles. The summed E-state index contributed by atoms with van der Waals surface area (Å²) >= 11 is 0. The monoisotopic (exact) mass is 323 g/mol. The van der Waals surface area contributed by atoms with E-state index in [1.807, 2.05) is 0 Å². The molecule has 0 atom stereocenters. The zero-order valence-corrected chi connectivity index (χ0v) is 14.4. The minimum atomic E-state index is 0.665. The van der Waals surface area contributed by atoms with Crippen molar-refractivity contribution >= 4 is 11.4 Å². The summed E-state index contributed by atoms with van der Waals surface area (Å²) in [5, 5.41) is 9.17. The number of aromatic nitrogens is 3. The molecule has 5 nitrogen and oxygen atoms in total. The summed E-state index contributed by atoms with van der Waals surface area (Å²) in [6.45, 7) is 6.32. The maximum absolute atomic E-state index is 4.60. The molecule has 0 amide bonds. The number of anilines is 2. The maximum atomic E-state index is 4.60. The van der Waals surface area contributed by atoms with Gasteiger partial charge >= 0.3 is 0 Å². The molecule has 2 fully saturated rings. The number of nitrogens with zero attached hydrogens (tertiary/aromatic N) is 5. The summed E-state index contributed by atoms with van der Waals surface area (Å²) in [5.74, 6) is 3.10. The van der Waals surface area contributed by atoms with Gasteiger partial charge in [-0.15, -0.1) is 10.2 Å². The number of para-hydroxylation sites is 2. The number of hydrogen-bond acceptors (Lipinski definition) is 4. The zero-order valence-electron chi connectivity index (χ0n) is 14.4. The molecule has 0 N–H and O–H groups in total. The van der Waals surface area contributed by atoms with Crippen LogP contribution in [0.2, 0.25) is 0 Å². The van der Waals surface area contributed by atoms with Crippen molar-refractivity contribution in [2.45, 2.75) is 51.1 Å². The van der Waals surface area contributed by atoms with Gasteiger partial charge in [0, 0.05) is 31.6 Å².